The van der Waals surface area contributed by atoms with Crippen molar-refractivity contribution < 1.29 is 28.7 Å². The highest BCUT2D eigenvalue weighted by atomic mass is 32.2. The van der Waals surface area contributed by atoms with Crippen LogP contribution >= 0.6 is 23.1 Å². The normalized spacial score (nSPS) is 13.2. The van der Waals surface area contributed by atoms with E-state index in [-0.39, 0.29) is 30.4 Å². The second-order valence-electron chi connectivity index (χ2n) is 7.45. The number of amides is 2. The van der Waals surface area contributed by atoms with Crippen LogP contribution in [0.2, 0.25) is 0 Å². The van der Waals surface area contributed by atoms with Crippen molar-refractivity contribution in [2.24, 2.45) is 0 Å². The van der Waals surface area contributed by atoms with E-state index in [1.165, 1.54) is 23.1 Å². The van der Waals surface area contributed by atoms with Crippen LogP contribution in [0.5, 0.6) is 0 Å². The van der Waals surface area contributed by atoms with Gasteiger partial charge in [0.05, 0.1) is 13.0 Å². The molecule has 0 spiro atoms. The lowest BCUT2D eigenvalue weighted by Gasteiger charge is -2.13. The number of aryl methyl sites for hydroxylation is 2. The molecule has 2 amide bonds. The summed E-state index contributed by atoms with van der Waals surface area (Å²) >= 11 is 2.43. The smallest absolute Gasteiger partial charge is 0.341 e. The number of carbonyl (C=O) groups is 4. The lowest BCUT2D eigenvalue weighted by atomic mass is 9.97. The molecule has 1 saturated heterocycles. The molecule has 2 aromatic rings. The minimum absolute atomic E-state index is 0.0174. The molecule has 0 unspecified atom stereocenters. The van der Waals surface area contributed by atoms with E-state index in [9.17, 15) is 19.2 Å². The van der Waals surface area contributed by atoms with E-state index in [4.69, 9.17) is 9.47 Å². The minimum Gasteiger partial charge on any atom is -0.462 e. The van der Waals surface area contributed by atoms with Crippen LogP contribution in [0.4, 0.5) is 9.80 Å². The fourth-order valence-electron chi connectivity index (χ4n) is 3.41. The summed E-state index contributed by atoms with van der Waals surface area (Å²) < 4.78 is 10.3. The lowest BCUT2D eigenvalue weighted by molar-refractivity contribution is -0.147. The van der Waals surface area contributed by atoms with E-state index in [2.05, 4.69) is 5.32 Å². The Kier molecular flexibility index (Phi) is 8.51. The molecule has 0 aliphatic carbocycles. The number of nitrogens with zero attached hydrogens (tertiary/aromatic N) is 1. The average molecular weight is 491 g/mol. The van der Waals surface area contributed by atoms with Crippen molar-refractivity contribution in [1.82, 2.24) is 4.90 Å². The maximum Gasteiger partial charge on any atom is 0.341 e. The van der Waals surface area contributed by atoms with E-state index in [0.717, 1.165) is 16.7 Å². The van der Waals surface area contributed by atoms with Gasteiger partial charge in [0.2, 0.25) is 0 Å². The van der Waals surface area contributed by atoms with E-state index >= 15 is 0 Å². The Morgan fingerprint density at radius 1 is 1.15 bits per heavy atom. The summed E-state index contributed by atoms with van der Waals surface area (Å²) in [4.78, 5) is 50.2. The number of rotatable bonds is 9. The van der Waals surface area contributed by atoms with Crippen LogP contribution in [0.15, 0.2) is 23.6 Å². The monoisotopic (exact) mass is 490 g/mol. The van der Waals surface area contributed by atoms with Gasteiger partial charge in [-0.25, -0.2) is 4.79 Å². The number of hydrogen-bond acceptors (Lipinski definition) is 8. The van der Waals surface area contributed by atoms with Crippen molar-refractivity contribution in [2.45, 2.75) is 27.2 Å². The topological polar surface area (TPSA) is 102 Å². The molecule has 1 aliphatic heterocycles. The molecule has 1 fully saturated rings. The second-order valence-corrected chi connectivity index (χ2v) is 9.38. The van der Waals surface area contributed by atoms with Crippen LogP contribution in [-0.4, -0.2) is 60.0 Å². The van der Waals surface area contributed by atoms with Gasteiger partial charge in [-0.1, -0.05) is 35.5 Å². The number of anilines is 1. The first kappa shape index (κ1) is 24.8. The van der Waals surface area contributed by atoms with Gasteiger partial charge in [-0.2, -0.15) is 0 Å². The van der Waals surface area contributed by atoms with Gasteiger partial charge in [0.1, 0.15) is 10.6 Å². The summed E-state index contributed by atoms with van der Waals surface area (Å²) in [7, 11) is 0. The highest BCUT2D eigenvalue weighted by molar-refractivity contribution is 8.13. The molecule has 33 heavy (non-hydrogen) atoms. The van der Waals surface area contributed by atoms with Gasteiger partial charge in [-0.15, -0.1) is 11.3 Å². The average Bonchev–Trinajstić information content (AvgIpc) is 3.37. The molecule has 0 bridgehead atoms. The third-order valence-corrected chi connectivity index (χ3v) is 6.78. The number of carbonyl (C=O) groups excluding carboxylic acids is 4. The van der Waals surface area contributed by atoms with Gasteiger partial charge < -0.3 is 19.7 Å². The van der Waals surface area contributed by atoms with Crippen molar-refractivity contribution in [3.8, 4) is 11.1 Å². The molecule has 2 heterocycles. The Labute approximate surface area is 200 Å². The Morgan fingerprint density at radius 2 is 1.94 bits per heavy atom. The summed E-state index contributed by atoms with van der Waals surface area (Å²) in [5, 5.41) is 4.75. The fourth-order valence-corrected chi connectivity index (χ4v) is 5.22. The molecule has 10 heteroatoms. The van der Waals surface area contributed by atoms with Gasteiger partial charge in [0.15, 0.2) is 6.61 Å². The summed E-state index contributed by atoms with van der Waals surface area (Å²) in [5.41, 5.74) is 3.93. The van der Waals surface area contributed by atoms with Crippen LogP contribution < -0.4 is 5.32 Å². The van der Waals surface area contributed by atoms with Crippen LogP contribution in [0.25, 0.3) is 11.1 Å². The molecule has 0 radical (unpaired) electrons. The number of thioether (sulfide) groups is 1. The standard InChI is InChI=1S/C23H26N2O6S2/c1-4-30-22(28)20-17(16-6-5-14(2)11-15(16)3)13-33-21(20)24-18(26)12-31-19(27)7-8-25-9-10-32-23(25)29/h5-6,11,13H,4,7-10,12H2,1-3H3,(H,24,26). The number of ether oxygens (including phenoxy) is 2. The number of hydrogen-bond donors (Lipinski definition) is 1. The van der Waals surface area contributed by atoms with E-state index in [0.29, 0.717) is 22.9 Å². The third kappa shape index (κ3) is 6.35. The number of nitrogens with one attached hydrogen (secondary N) is 1. The number of thiophene rings is 1. The van der Waals surface area contributed by atoms with Crippen LogP contribution in [0.1, 0.15) is 34.8 Å². The Bertz CT molecular complexity index is 1070. The third-order valence-electron chi connectivity index (χ3n) is 4.99. The van der Waals surface area contributed by atoms with Crippen molar-refractivity contribution in [2.75, 3.05) is 37.4 Å². The molecule has 1 aromatic heterocycles. The van der Waals surface area contributed by atoms with Crippen LogP contribution in [-0.2, 0) is 19.1 Å². The minimum atomic E-state index is -0.567. The molecule has 8 nitrogen and oxygen atoms in total. The Balaban J connectivity index is 1.66. The Hall–Kier alpha value is -2.85. The first-order valence-corrected chi connectivity index (χ1v) is 12.4. The molecule has 176 valence electrons. The highest BCUT2D eigenvalue weighted by Gasteiger charge is 2.25. The molecular weight excluding hydrogens is 464 g/mol. The van der Waals surface area contributed by atoms with Crippen molar-refractivity contribution >= 4 is 51.2 Å². The zero-order chi connectivity index (χ0) is 24.0. The summed E-state index contributed by atoms with van der Waals surface area (Å²) in [6.45, 7) is 6.25. The van der Waals surface area contributed by atoms with Crippen molar-refractivity contribution in [1.29, 1.82) is 0 Å². The van der Waals surface area contributed by atoms with Gasteiger partial charge in [-0.05, 0) is 31.9 Å². The van der Waals surface area contributed by atoms with Crippen molar-refractivity contribution in [3.63, 3.8) is 0 Å². The zero-order valence-electron chi connectivity index (χ0n) is 18.8. The number of benzene rings is 1. The largest absolute Gasteiger partial charge is 0.462 e. The van der Waals surface area contributed by atoms with Gasteiger partial charge >= 0.3 is 11.9 Å². The van der Waals surface area contributed by atoms with E-state index in [1.807, 2.05) is 32.0 Å². The first-order valence-electron chi connectivity index (χ1n) is 10.5. The summed E-state index contributed by atoms with van der Waals surface area (Å²) in [5.74, 6) is -0.947. The first-order chi connectivity index (χ1) is 15.8. The van der Waals surface area contributed by atoms with Crippen molar-refractivity contribution in [3.05, 3.63) is 40.3 Å². The Morgan fingerprint density at radius 3 is 2.61 bits per heavy atom. The lowest BCUT2D eigenvalue weighted by Crippen LogP contribution is -2.28. The van der Waals surface area contributed by atoms with Gasteiger partial charge in [-0.3, -0.25) is 14.4 Å². The molecule has 1 aromatic carbocycles. The fraction of sp³-hybridized carbons (Fsp3) is 0.391. The molecule has 0 saturated carbocycles. The molecule has 3 rings (SSSR count). The van der Waals surface area contributed by atoms with Gasteiger partial charge in [0.25, 0.3) is 11.1 Å². The predicted octanol–water partition coefficient (Wildman–Crippen LogP) is 4.25. The van der Waals surface area contributed by atoms with Crippen LogP contribution in [0, 0.1) is 13.8 Å². The molecule has 1 aliphatic rings. The quantitative estimate of drug-likeness (QED) is 0.524. The van der Waals surface area contributed by atoms with E-state index in [1.54, 1.807) is 17.2 Å². The zero-order valence-corrected chi connectivity index (χ0v) is 20.4. The second kappa shape index (κ2) is 11.3. The molecular formula is C23H26N2O6S2. The molecule has 1 N–H and O–H groups in total. The summed E-state index contributed by atoms with van der Waals surface area (Å²) in [6.07, 6.45) is 0.0174. The maximum atomic E-state index is 12.7. The SMILES string of the molecule is CCOC(=O)c1c(-c2ccc(C)cc2C)csc1NC(=O)COC(=O)CCN1CCSC1=O. The maximum absolute atomic E-state index is 12.7. The van der Waals surface area contributed by atoms with Gasteiger partial charge in [0, 0.05) is 29.8 Å². The molecule has 0 atom stereocenters. The van der Waals surface area contributed by atoms with E-state index < -0.39 is 24.5 Å². The predicted molar refractivity (Wildman–Crippen MR) is 129 cm³/mol. The number of esters is 2. The highest BCUT2D eigenvalue weighted by Crippen LogP contribution is 2.37. The summed E-state index contributed by atoms with van der Waals surface area (Å²) in [6, 6.07) is 5.92. The van der Waals surface area contributed by atoms with Crippen LogP contribution in [0.3, 0.4) is 0 Å².